The number of anilines is 1. The van der Waals surface area contributed by atoms with E-state index < -0.39 is 0 Å². The minimum Gasteiger partial charge on any atom is -0.363 e. The summed E-state index contributed by atoms with van der Waals surface area (Å²) in [5, 5.41) is 3.21. The Bertz CT molecular complexity index is 397. The largest absolute Gasteiger partial charge is 0.363 e. The fourth-order valence-electron chi connectivity index (χ4n) is 2.21. The lowest BCUT2D eigenvalue weighted by Crippen LogP contribution is -2.23. The lowest BCUT2D eigenvalue weighted by molar-refractivity contribution is 0.378. The minimum atomic E-state index is -0.137. The molecule has 0 radical (unpaired) electrons. The van der Waals surface area contributed by atoms with Crippen LogP contribution in [0.4, 0.5) is 5.82 Å². The van der Waals surface area contributed by atoms with Gasteiger partial charge in [-0.15, -0.1) is 0 Å². The Balaban J connectivity index is 2.05. The first-order chi connectivity index (χ1) is 7.07. The Morgan fingerprint density at radius 2 is 2.40 bits per heavy atom. The Morgan fingerprint density at radius 1 is 1.60 bits per heavy atom. The predicted octanol–water partition coefficient (Wildman–Crippen LogP) is 1.76. The average Bonchev–Trinajstić information content (AvgIpc) is 2.50. The third-order valence-corrected chi connectivity index (χ3v) is 3.02. The van der Waals surface area contributed by atoms with Crippen molar-refractivity contribution >= 4 is 5.82 Å². The van der Waals surface area contributed by atoms with E-state index in [1.807, 2.05) is 0 Å². The van der Waals surface area contributed by atoms with Gasteiger partial charge in [0.2, 0.25) is 0 Å². The molecule has 1 heterocycles. The molecule has 0 bridgehead atoms. The first-order valence-electron chi connectivity index (χ1n) is 5.37. The van der Waals surface area contributed by atoms with E-state index in [0.29, 0.717) is 17.3 Å². The second kappa shape index (κ2) is 3.68. The summed E-state index contributed by atoms with van der Waals surface area (Å²) in [7, 11) is 0. The molecule has 1 aromatic heterocycles. The van der Waals surface area contributed by atoms with Crippen molar-refractivity contribution in [3.63, 3.8) is 0 Å². The van der Waals surface area contributed by atoms with Gasteiger partial charge in [-0.3, -0.25) is 4.79 Å². The van der Waals surface area contributed by atoms with E-state index in [-0.39, 0.29) is 5.56 Å². The van der Waals surface area contributed by atoms with Gasteiger partial charge in [0.15, 0.2) is 5.82 Å². The molecule has 1 aliphatic rings. The molecule has 1 aliphatic carbocycles. The molecule has 2 N–H and O–H groups in total. The summed E-state index contributed by atoms with van der Waals surface area (Å²) in [4.78, 5) is 18.0. The molecule has 2 rings (SSSR count). The highest BCUT2D eigenvalue weighted by Crippen LogP contribution is 2.37. The Kier molecular flexibility index (Phi) is 2.50. The van der Waals surface area contributed by atoms with Gasteiger partial charge in [-0.1, -0.05) is 13.8 Å². The highest BCUT2D eigenvalue weighted by atomic mass is 16.1. The molecule has 0 aromatic carbocycles. The number of hydrogen-bond acceptors (Lipinski definition) is 3. The highest BCUT2D eigenvalue weighted by molar-refractivity contribution is 5.32. The summed E-state index contributed by atoms with van der Waals surface area (Å²) in [6, 6.07) is 0.385. The SMILES string of the molecule is CC1(C)CCC(Nc2ncc[nH]c2=O)C1. The number of aromatic amines is 1. The summed E-state index contributed by atoms with van der Waals surface area (Å²) in [5.74, 6) is 0.445. The lowest BCUT2D eigenvalue weighted by atomic mass is 9.92. The summed E-state index contributed by atoms with van der Waals surface area (Å²) in [6.07, 6.45) is 6.57. The number of H-pyrrole nitrogens is 1. The molecule has 0 amide bonds. The van der Waals surface area contributed by atoms with Crippen LogP contribution in [0.2, 0.25) is 0 Å². The molecule has 4 nitrogen and oxygen atoms in total. The van der Waals surface area contributed by atoms with Gasteiger partial charge >= 0.3 is 0 Å². The van der Waals surface area contributed by atoms with Crippen LogP contribution in [-0.4, -0.2) is 16.0 Å². The minimum absolute atomic E-state index is 0.137. The molecule has 1 unspecified atom stereocenters. The van der Waals surface area contributed by atoms with Gasteiger partial charge in [0.1, 0.15) is 0 Å². The maximum atomic E-state index is 11.4. The van der Waals surface area contributed by atoms with Crippen LogP contribution in [0.15, 0.2) is 17.2 Å². The van der Waals surface area contributed by atoms with Crippen LogP contribution in [0.5, 0.6) is 0 Å². The molecule has 1 atom stereocenters. The van der Waals surface area contributed by atoms with Crippen molar-refractivity contribution in [1.29, 1.82) is 0 Å². The zero-order valence-corrected chi connectivity index (χ0v) is 9.21. The van der Waals surface area contributed by atoms with Crippen molar-refractivity contribution < 1.29 is 0 Å². The monoisotopic (exact) mass is 207 g/mol. The van der Waals surface area contributed by atoms with E-state index in [0.717, 1.165) is 12.8 Å². The van der Waals surface area contributed by atoms with Crippen LogP contribution >= 0.6 is 0 Å². The second-order valence-corrected chi connectivity index (χ2v) is 5.02. The van der Waals surface area contributed by atoms with Crippen LogP contribution in [0.25, 0.3) is 0 Å². The quantitative estimate of drug-likeness (QED) is 0.777. The predicted molar refractivity (Wildman–Crippen MR) is 59.9 cm³/mol. The molecule has 0 aliphatic heterocycles. The molecule has 82 valence electrons. The van der Waals surface area contributed by atoms with Crippen molar-refractivity contribution in [2.75, 3.05) is 5.32 Å². The smallest absolute Gasteiger partial charge is 0.290 e. The van der Waals surface area contributed by atoms with Crippen molar-refractivity contribution in [2.24, 2.45) is 5.41 Å². The third kappa shape index (κ3) is 2.37. The summed E-state index contributed by atoms with van der Waals surface area (Å²) in [5.41, 5.74) is 0.251. The molecule has 4 heteroatoms. The molecule has 0 spiro atoms. The Hall–Kier alpha value is -1.32. The maximum Gasteiger partial charge on any atom is 0.290 e. The number of rotatable bonds is 2. The maximum absolute atomic E-state index is 11.4. The van der Waals surface area contributed by atoms with E-state index in [2.05, 4.69) is 29.1 Å². The molecule has 15 heavy (non-hydrogen) atoms. The summed E-state index contributed by atoms with van der Waals surface area (Å²) >= 11 is 0. The highest BCUT2D eigenvalue weighted by Gasteiger charge is 2.31. The van der Waals surface area contributed by atoms with Crippen LogP contribution in [-0.2, 0) is 0 Å². The van der Waals surface area contributed by atoms with Crippen LogP contribution in [0.1, 0.15) is 33.1 Å². The van der Waals surface area contributed by atoms with E-state index in [1.54, 1.807) is 12.4 Å². The molecule has 1 aromatic rings. The molecular weight excluding hydrogens is 190 g/mol. The first-order valence-corrected chi connectivity index (χ1v) is 5.37. The summed E-state index contributed by atoms with van der Waals surface area (Å²) < 4.78 is 0. The number of nitrogens with zero attached hydrogens (tertiary/aromatic N) is 1. The van der Waals surface area contributed by atoms with E-state index in [4.69, 9.17) is 0 Å². The third-order valence-electron chi connectivity index (χ3n) is 3.02. The second-order valence-electron chi connectivity index (χ2n) is 5.02. The number of nitrogens with one attached hydrogen (secondary N) is 2. The first kappa shape index (κ1) is 10.2. The van der Waals surface area contributed by atoms with E-state index in [9.17, 15) is 4.79 Å². The van der Waals surface area contributed by atoms with E-state index >= 15 is 0 Å². The summed E-state index contributed by atoms with van der Waals surface area (Å²) in [6.45, 7) is 4.52. The van der Waals surface area contributed by atoms with Gasteiger partial charge in [0.05, 0.1) is 0 Å². The van der Waals surface area contributed by atoms with Gasteiger partial charge in [0, 0.05) is 18.4 Å². The number of hydrogen-bond donors (Lipinski definition) is 2. The molecule has 1 saturated carbocycles. The number of aromatic nitrogens is 2. The van der Waals surface area contributed by atoms with Gasteiger partial charge in [-0.2, -0.15) is 0 Å². The Morgan fingerprint density at radius 3 is 3.00 bits per heavy atom. The van der Waals surface area contributed by atoms with Crippen molar-refractivity contribution in [2.45, 2.75) is 39.2 Å². The van der Waals surface area contributed by atoms with Crippen LogP contribution in [0, 0.1) is 5.41 Å². The average molecular weight is 207 g/mol. The fourth-order valence-corrected chi connectivity index (χ4v) is 2.21. The molecule has 0 saturated heterocycles. The zero-order chi connectivity index (χ0) is 10.9. The van der Waals surface area contributed by atoms with Crippen molar-refractivity contribution in [3.8, 4) is 0 Å². The van der Waals surface area contributed by atoms with Crippen molar-refractivity contribution in [1.82, 2.24) is 9.97 Å². The van der Waals surface area contributed by atoms with Gasteiger partial charge in [0.25, 0.3) is 5.56 Å². The van der Waals surface area contributed by atoms with Gasteiger partial charge < -0.3 is 10.3 Å². The molecule has 1 fully saturated rings. The van der Waals surface area contributed by atoms with Gasteiger partial charge in [-0.25, -0.2) is 4.98 Å². The van der Waals surface area contributed by atoms with Crippen molar-refractivity contribution in [3.05, 3.63) is 22.7 Å². The normalized spacial score (nSPS) is 24.0. The molecular formula is C11H17N3O. The standard InChI is InChI=1S/C11H17N3O/c1-11(2)4-3-8(7-11)14-9-10(15)13-6-5-12-9/h5-6,8H,3-4,7H2,1-2H3,(H,12,14)(H,13,15). The van der Waals surface area contributed by atoms with Crippen LogP contribution in [0.3, 0.4) is 0 Å². The topological polar surface area (TPSA) is 57.8 Å². The Labute approximate surface area is 89.1 Å². The fraction of sp³-hybridized carbons (Fsp3) is 0.636. The van der Waals surface area contributed by atoms with Crippen LogP contribution < -0.4 is 10.9 Å². The van der Waals surface area contributed by atoms with Gasteiger partial charge in [-0.05, 0) is 24.7 Å². The van der Waals surface area contributed by atoms with E-state index in [1.165, 1.54) is 6.42 Å². The zero-order valence-electron chi connectivity index (χ0n) is 9.21. The lowest BCUT2D eigenvalue weighted by Gasteiger charge is -2.17.